The fourth-order valence-electron chi connectivity index (χ4n) is 2.98. The van der Waals surface area contributed by atoms with Crippen molar-refractivity contribution < 1.29 is 9.53 Å². The molecular formula is C15H20N2O2. The second-order valence-electron chi connectivity index (χ2n) is 5.42. The number of nitrogens with two attached hydrogens (primary N) is 1. The third-order valence-corrected chi connectivity index (χ3v) is 4.12. The van der Waals surface area contributed by atoms with Gasteiger partial charge in [0.2, 0.25) is 5.91 Å². The number of rotatable bonds is 1. The molecule has 0 radical (unpaired) electrons. The Morgan fingerprint density at radius 1 is 1.21 bits per heavy atom. The standard InChI is InChI=1S/C15H20N2O2/c16-12-7-5-11(6-8-12)15(18)17-9-10-19-14-4-2-1-3-13(14)17/h1-4,11-12H,5-10,16H2. The smallest absolute Gasteiger partial charge is 0.230 e. The topological polar surface area (TPSA) is 55.6 Å². The Bertz CT molecular complexity index is 467. The zero-order valence-corrected chi connectivity index (χ0v) is 11.0. The fourth-order valence-corrected chi connectivity index (χ4v) is 2.98. The summed E-state index contributed by atoms with van der Waals surface area (Å²) in [6.07, 6.45) is 3.75. The Balaban J connectivity index is 1.78. The number of para-hydroxylation sites is 2. The van der Waals surface area contributed by atoms with Crippen molar-refractivity contribution in [2.45, 2.75) is 31.7 Å². The third-order valence-electron chi connectivity index (χ3n) is 4.12. The van der Waals surface area contributed by atoms with E-state index in [0.717, 1.165) is 37.1 Å². The lowest BCUT2D eigenvalue weighted by molar-refractivity contribution is -0.123. The predicted molar refractivity (Wildman–Crippen MR) is 74.2 cm³/mol. The lowest BCUT2D eigenvalue weighted by Gasteiger charge is -2.34. The van der Waals surface area contributed by atoms with Crippen LogP contribution in [0.3, 0.4) is 0 Å². The summed E-state index contributed by atoms with van der Waals surface area (Å²) < 4.78 is 5.59. The van der Waals surface area contributed by atoms with Crippen molar-refractivity contribution in [3.63, 3.8) is 0 Å². The van der Waals surface area contributed by atoms with Gasteiger partial charge in [-0.25, -0.2) is 0 Å². The number of hydrogen-bond acceptors (Lipinski definition) is 3. The van der Waals surface area contributed by atoms with Crippen LogP contribution in [0.25, 0.3) is 0 Å². The molecule has 0 atom stereocenters. The van der Waals surface area contributed by atoms with E-state index in [9.17, 15) is 4.79 Å². The number of fused-ring (bicyclic) bond motifs is 1. The molecule has 4 nitrogen and oxygen atoms in total. The molecule has 1 amide bonds. The van der Waals surface area contributed by atoms with Gasteiger partial charge in [0.15, 0.2) is 0 Å². The lowest BCUT2D eigenvalue weighted by atomic mass is 9.85. The van der Waals surface area contributed by atoms with Crippen molar-refractivity contribution in [2.75, 3.05) is 18.1 Å². The van der Waals surface area contributed by atoms with E-state index in [4.69, 9.17) is 10.5 Å². The van der Waals surface area contributed by atoms with E-state index in [-0.39, 0.29) is 17.9 Å². The van der Waals surface area contributed by atoms with E-state index in [1.54, 1.807) is 0 Å². The SMILES string of the molecule is NC1CCC(C(=O)N2CCOc3ccccc32)CC1. The second-order valence-corrected chi connectivity index (χ2v) is 5.42. The van der Waals surface area contributed by atoms with Crippen LogP contribution in [-0.2, 0) is 4.79 Å². The second kappa shape index (κ2) is 5.21. The summed E-state index contributed by atoms with van der Waals surface area (Å²) in [4.78, 5) is 14.5. The highest BCUT2D eigenvalue weighted by atomic mass is 16.5. The summed E-state index contributed by atoms with van der Waals surface area (Å²) in [6.45, 7) is 1.23. The number of hydrogen-bond donors (Lipinski definition) is 1. The summed E-state index contributed by atoms with van der Waals surface area (Å²) in [5, 5.41) is 0. The van der Waals surface area contributed by atoms with Gasteiger partial charge in [0.1, 0.15) is 12.4 Å². The highest BCUT2D eigenvalue weighted by Gasteiger charge is 2.31. The fraction of sp³-hybridized carbons (Fsp3) is 0.533. The molecule has 1 heterocycles. The number of nitrogens with zero attached hydrogens (tertiary/aromatic N) is 1. The molecule has 0 bridgehead atoms. The Labute approximate surface area is 113 Å². The summed E-state index contributed by atoms with van der Waals surface area (Å²) >= 11 is 0. The zero-order chi connectivity index (χ0) is 13.2. The van der Waals surface area contributed by atoms with Gasteiger partial charge in [-0.15, -0.1) is 0 Å². The summed E-state index contributed by atoms with van der Waals surface area (Å²) in [5.74, 6) is 1.18. The Morgan fingerprint density at radius 2 is 1.95 bits per heavy atom. The van der Waals surface area contributed by atoms with Crippen molar-refractivity contribution in [1.82, 2.24) is 0 Å². The van der Waals surface area contributed by atoms with E-state index in [2.05, 4.69) is 0 Å². The van der Waals surface area contributed by atoms with Gasteiger partial charge in [0.25, 0.3) is 0 Å². The lowest BCUT2D eigenvalue weighted by Crippen LogP contribution is -2.43. The summed E-state index contributed by atoms with van der Waals surface area (Å²) in [6, 6.07) is 8.05. The van der Waals surface area contributed by atoms with Gasteiger partial charge >= 0.3 is 0 Å². The van der Waals surface area contributed by atoms with Crippen LogP contribution in [-0.4, -0.2) is 25.1 Å². The minimum absolute atomic E-state index is 0.131. The van der Waals surface area contributed by atoms with E-state index >= 15 is 0 Å². The minimum Gasteiger partial charge on any atom is -0.490 e. The molecule has 2 aliphatic rings. The number of carbonyl (C=O) groups is 1. The van der Waals surface area contributed by atoms with Crippen molar-refractivity contribution in [1.29, 1.82) is 0 Å². The van der Waals surface area contributed by atoms with Crippen LogP contribution in [0.4, 0.5) is 5.69 Å². The molecule has 4 heteroatoms. The van der Waals surface area contributed by atoms with Crippen molar-refractivity contribution in [3.8, 4) is 5.75 Å². The number of carbonyl (C=O) groups excluding carboxylic acids is 1. The molecule has 0 unspecified atom stereocenters. The normalized spacial score (nSPS) is 26.5. The van der Waals surface area contributed by atoms with Gasteiger partial charge in [0, 0.05) is 12.0 Å². The van der Waals surface area contributed by atoms with E-state index in [1.165, 1.54) is 0 Å². The number of anilines is 1. The quantitative estimate of drug-likeness (QED) is 0.839. The highest BCUT2D eigenvalue weighted by molar-refractivity contribution is 5.96. The zero-order valence-electron chi connectivity index (χ0n) is 11.0. The molecule has 1 aromatic carbocycles. The molecular weight excluding hydrogens is 240 g/mol. The monoisotopic (exact) mass is 260 g/mol. The summed E-state index contributed by atoms with van der Waals surface area (Å²) in [5.41, 5.74) is 6.82. The maximum atomic E-state index is 12.7. The first-order chi connectivity index (χ1) is 9.25. The van der Waals surface area contributed by atoms with Gasteiger partial charge < -0.3 is 15.4 Å². The molecule has 1 saturated carbocycles. The Morgan fingerprint density at radius 3 is 2.74 bits per heavy atom. The van der Waals surface area contributed by atoms with Gasteiger partial charge in [-0.1, -0.05) is 12.1 Å². The Hall–Kier alpha value is -1.55. The maximum Gasteiger partial charge on any atom is 0.230 e. The van der Waals surface area contributed by atoms with E-state index < -0.39 is 0 Å². The van der Waals surface area contributed by atoms with E-state index in [0.29, 0.717) is 13.2 Å². The van der Waals surface area contributed by atoms with Crippen LogP contribution in [0.5, 0.6) is 5.75 Å². The molecule has 19 heavy (non-hydrogen) atoms. The maximum absolute atomic E-state index is 12.7. The molecule has 102 valence electrons. The van der Waals surface area contributed by atoms with Gasteiger partial charge in [0.05, 0.1) is 12.2 Å². The van der Waals surface area contributed by atoms with Crippen molar-refractivity contribution >= 4 is 11.6 Å². The molecule has 1 aliphatic heterocycles. The van der Waals surface area contributed by atoms with Crippen LogP contribution < -0.4 is 15.4 Å². The van der Waals surface area contributed by atoms with Gasteiger partial charge in [-0.2, -0.15) is 0 Å². The van der Waals surface area contributed by atoms with Crippen molar-refractivity contribution in [3.05, 3.63) is 24.3 Å². The first-order valence-electron chi connectivity index (χ1n) is 7.04. The molecule has 2 N–H and O–H groups in total. The molecule has 0 saturated heterocycles. The largest absolute Gasteiger partial charge is 0.490 e. The van der Waals surface area contributed by atoms with Gasteiger partial charge in [-0.3, -0.25) is 4.79 Å². The molecule has 3 rings (SSSR count). The molecule has 1 aromatic rings. The average molecular weight is 260 g/mol. The highest BCUT2D eigenvalue weighted by Crippen LogP contribution is 2.34. The first-order valence-corrected chi connectivity index (χ1v) is 7.04. The van der Waals surface area contributed by atoms with Crippen LogP contribution in [0, 0.1) is 5.92 Å². The Kier molecular flexibility index (Phi) is 3.42. The van der Waals surface area contributed by atoms with Crippen LogP contribution >= 0.6 is 0 Å². The summed E-state index contributed by atoms with van der Waals surface area (Å²) in [7, 11) is 0. The first kappa shape index (κ1) is 12.5. The van der Waals surface area contributed by atoms with Crippen LogP contribution in [0.2, 0.25) is 0 Å². The molecule has 1 aliphatic carbocycles. The minimum atomic E-state index is 0.131. The van der Waals surface area contributed by atoms with Gasteiger partial charge in [-0.05, 0) is 37.8 Å². The molecule has 0 aromatic heterocycles. The van der Waals surface area contributed by atoms with Crippen LogP contribution in [0.15, 0.2) is 24.3 Å². The number of ether oxygens (including phenoxy) is 1. The number of benzene rings is 1. The predicted octanol–water partition coefficient (Wildman–Crippen LogP) is 1.93. The average Bonchev–Trinajstić information content (AvgIpc) is 2.47. The van der Waals surface area contributed by atoms with Crippen molar-refractivity contribution in [2.24, 2.45) is 11.7 Å². The van der Waals surface area contributed by atoms with Crippen LogP contribution in [0.1, 0.15) is 25.7 Å². The third kappa shape index (κ3) is 2.45. The number of amides is 1. The molecule has 1 fully saturated rings. The van der Waals surface area contributed by atoms with E-state index in [1.807, 2.05) is 29.2 Å². The molecule has 0 spiro atoms.